The third-order valence-electron chi connectivity index (χ3n) is 17.1. The van der Waals surface area contributed by atoms with Gasteiger partial charge < -0.3 is 14.1 Å². The van der Waals surface area contributed by atoms with Crippen LogP contribution in [-0.4, -0.2) is 68.4 Å². The highest BCUT2D eigenvalue weighted by atomic mass is 32.2. The van der Waals surface area contributed by atoms with Gasteiger partial charge >= 0.3 is 0 Å². The predicted octanol–water partition coefficient (Wildman–Crippen LogP) is 42.4. The Bertz CT molecular complexity index is 4330. The highest BCUT2D eigenvalue weighted by Crippen LogP contribution is 2.30. The fourth-order valence-corrected chi connectivity index (χ4v) is 13.6. The van der Waals surface area contributed by atoms with Gasteiger partial charge in [0.25, 0.3) is 0 Å². The van der Waals surface area contributed by atoms with E-state index in [-0.39, 0.29) is 0 Å². The molecule has 0 atom stereocenters. The molecule has 9 aromatic carbocycles. The van der Waals surface area contributed by atoms with Crippen LogP contribution in [0.2, 0.25) is 0 Å². The number of hydrogen-bond acceptors (Lipinski definition) is 14. The van der Waals surface area contributed by atoms with E-state index in [0.29, 0.717) is 0 Å². The molecular formula is C130H211N11O2S2. The molecule has 0 radical (unpaired) electrons. The number of fused-ring (bicyclic) bond motifs is 11. The molecule has 0 saturated heterocycles. The molecule has 1 N–H and O–H groups in total. The molecule has 6 aliphatic rings. The van der Waals surface area contributed by atoms with Crippen molar-refractivity contribution < 1.29 is 9.15 Å². The fraction of sp³-hybridized carbons (Fsp3) is 0.446. The number of nitrogens with zero attached hydrogens (tertiary/aromatic N) is 10. The first-order chi connectivity index (χ1) is 72.1. The number of thiazole rings is 1. The van der Waals surface area contributed by atoms with Gasteiger partial charge in [-0.1, -0.05) is 462 Å². The Morgan fingerprint density at radius 3 is 1.23 bits per heavy atom. The van der Waals surface area contributed by atoms with Gasteiger partial charge in [0, 0.05) is 71.5 Å². The number of aromatic nitrogens is 10. The number of H-pyrrole nitrogens is 1. The lowest BCUT2D eigenvalue weighted by Gasteiger charge is -1.93. The van der Waals surface area contributed by atoms with Crippen LogP contribution in [0.25, 0.3) is 54.3 Å². The van der Waals surface area contributed by atoms with Crippen molar-refractivity contribution in [1.29, 1.82) is 0 Å². The van der Waals surface area contributed by atoms with E-state index in [4.69, 9.17) is 9.15 Å². The molecule has 13 nitrogen and oxygen atoms in total. The average Bonchev–Trinajstić information content (AvgIpc) is 1.59. The first kappa shape index (κ1) is 156. The minimum atomic E-state index is 0.845. The van der Waals surface area contributed by atoms with Crippen molar-refractivity contribution in [3.05, 3.63) is 354 Å². The quantitative estimate of drug-likeness (QED) is 0.153. The third-order valence-corrected chi connectivity index (χ3v) is 19.0. The normalized spacial score (nSPS) is 9.82. The maximum absolute atomic E-state index is 5.30. The molecule has 145 heavy (non-hydrogen) atoms. The average molecular weight is 2020 g/mol. The number of hydrogen-bond donors (Lipinski definition) is 1. The molecule has 0 saturated carbocycles. The van der Waals surface area contributed by atoms with E-state index in [1.54, 1.807) is 47.5 Å². The van der Waals surface area contributed by atoms with Crippen LogP contribution in [0.5, 0.6) is 5.75 Å². The summed E-state index contributed by atoms with van der Waals surface area (Å²) in [6.45, 7) is 89.7. The first-order valence-corrected chi connectivity index (χ1v) is 58.2. The lowest BCUT2D eigenvalue weighted by Crippen LogP contribution is -1.85. The third kappa shape index (κ3) is 71.7. The molecule has 10 heterocycles. The lowest BCUT2D eigenvalue weighted by molar-refractivity contribution is 0.357. The smallest absolute Gasteiger partial charge is 0.181 e. The summed E-state index contributed by atoms with van der Waals surface area (Å²) >= 11 is 3.64. The van der Waals surface area contributed by atoms with E-state index >= 15 is 0 Å². The summed E-state index contributed by atoms with van der Waals surface area (Å²) in [5.41, 5.74) is 24.1. The Morgan fingerprint density at radius 2 is 0.717 bits per heavy atom. The van der Waals surface area contributed by atoms with Crippen LogP contribution in [0, 0.1) is 0 Å². The van der Waals surface area contributed by atoms with Crippen molar-refractivity contribution >= 4 is 83.6 Å². The largest absolute Gasteiger partial charge is 0.493 e. The molecule has 0 bridgehead atoms. The van der Waals surface area contributed by atoms with Crippen LogP contribution in [0.3, 0.4) is 0 Å². The number of pyridine rings is 2. The number of thioether (sulfide) groups is 1. The summed E-state index contributed by atoms with van der Waals surface area (Å²) in [6.07, 6.45) is 31.4. The topological polar surface area (TPSA) is 167 Å². The summed E-state index contributed by atoms with van der Waals surface area (Å²) in [4.78, 5) is 45.3. The SMILES string of the molecule is C1=NCc2ccccc21.CC.CC.CC.CC.CC.CC.CC.CC.CC.CC.CC.CC.CC.CC.CC.CC.CC.CC.CC.CC.CC.CC.c1cc2c(cn1)CCC2.c1ccc2[nH]cnc2c1.c1ccc2c(c1)CCC2.c1ccc2c(c1)CCO2.c1ccc2c(c1)CCS2.c1ccc2nccnc2c1.c1ccc2ncncc2c1.c1ccc2ocnc2c1.c1ccc2scnc2c1.c1cnc2c(c1)CCC2. The van der Waals surface area contributed by atoms with Crippen molar-refractivity contribution in [2.75, 3.05) is 12.4 Å². The number of aliphatic imine (C=N–C) groups is 1. The summed E-state index contributed by atoms with van der Waals surface area (Å²) < 4.78 is 11.6. The molecule has 0 fully saturated rings. The van der Waals surface area contributed by atoms with Crippen LogP contribution in [0.4, 0.5) is 0 Å². The van der Waals surface area contributed by atoms with Crippen molar-refractivity contribution in [2.45, 2.75) is 387 Å². The predicted molar refractivity (Wildman–Crippen MR) is 664 cm³/mol. The van der Waals surface area contributed by atoms with Gasteiger partial charge in [-0.15, -0.1) is 23.1 Å². The van der Waals surface area contributed by atoms with Gasteiger partial charge in [0.15, 0.2) is 12.0 Å². The molecule has 0 unspecified atom stereocenters. The van der Waals surface area contributed by atoms with Crippen LogP contribution in [0.15, 0.2) is 313 Å². The molecular weight excluding hydrogens is 1810 g/mol. The van der Waals surface area contributed by atoms with E-state index in [2.05, 4.69) is 140 Å². The molecule has 3 aliphatic carbocycles. The number of aromatic amines is 1. The number of ether oxygens (including phenoxy) is 1. The van der Waals surface area contributed by atoms with E-state index in [1.807, 2.05) is 505 Å². The van der Waals surface area contributed by atoms with Gasteiger partial charge in [0.05, 0.1) is 62.8 Å². The Balaban J connectivity index is -0.000000146. The number of oxazole rings is 1. The van der Waals surface area contributed by atoms with E-state index in [0.717, 1.165) is 74.9 Å². The highest BCUT2D eigenvalue weighted by molar-refractivity contribution is 7.99. The monoisotopic (exact) mass is 2020 g/mol. The molecule has 810 valence electrons. The molecule has 0 spiro atoms. The second-order valence-corrected chi connectivity index (χ2v) is 25.9. The summed E-state index contributed by atoms with van der Waals surface area (Å²) in [5.74, 6) is 2.34. The van der Waals surface area contributed by atoms with Crippen LogP contribution >= 0.6 is 23.1 Å². The molecule has 22 rings (SSSR count). The standard InChI is InChI=1S/C9H10.2C8H6N2.2C8H9N.C8H7N.C8H8O.C8H8S.C7H6N2.C7H5NO.C7H5NS.22C2H6/c1-2-5-9-7-3-6-8(9)4-1;1-2-4-8-7(3-1)5-9-6-10-8;1-2-4-8-7(3-1)9-5-6-10-8;1-3-7-4-2-6-9-8(7)5-1;1-2-7-4-5-9-6-8(7)3-1;1-2-4-8-6-9-5-7(8)3-1;2*1-2-4-8-7(3-1)5-6-9-8;3*1-2-4-7-6(3-1)8-5-9-7;22*1-2/h1-2,4-5H,3,6-7H2;2*1-6H;2,4,6H,1,3,5H2;4-6H,1-3H2;1-5H,6H2;2*1-4H,5-6H2;1-5H,(H,8,9);2*1-5H;22*1-2H3. The number of para-hydroxylation sites is 9. The maximum Gasteiger partial charge on any atom is 0.181 e. The number of aryl methyl sites for hydroxylation is 7. The summed E-state index contributed by atoms with van der Waals surface area (Å²) in [5, 5.41) is 1.09. The Morgan fingerprint density at radius 1 is 0.283 bits per heavy atom. The Labute approximate surface area is 900 Å². The molecule has 0 amide bonds. The van der Waals surface area contributed by atoms with Crippen LogP contribution in [0.1, 0.15) is 380 Å². The zero-order valence-electron chi connectivity index (χ0n) is 100. The van der Waals surface area contributed by atoms with Crippen molar-refractivity contribution in [3.63, 3.8) is 0 Å². The fourth-order valence-electron chi connectivity index (χ4n) is 11.9. The molecule has 3 aliphatic heterocycles. The van der Waals surface area contributed by atoms with E-state index in [1.165, 1.54) is 131 Å². The van der Waals surface area contributed by atoms with Gasteiger partial charge in [-0.25, -0.2) is 24.9 Å². The lowest BCUT2D eigenvalue weighted by atomic mass is 10.1. The zero-order valence-corrected chi connectivity index (χ0v) is 102. The Kier molecular flexibility index (Phi) is 139. The molecule has 15 heteroatoms. The van der Waals surface area contributed by atoms with Crippen LogP contribution in [-0.2, 0) is 57.9 Å². The van der Waals surface area contributed by atoms with Crippen molar-refractivity contribution in [3.8, 4) is 5.75 Å². The maximum atomic E-state index is 5.30. The number of nitrogens with one attached hydrogen (secondary N) is 1. The summed E-state index contributed by atoms with van der Waals surface area (Å²) in [7, 11) is 0. The van der Waals surface area contributed by atoms with Gasteiger partial charge in [0.1, 0.15) is 17.6 Å². The van der Waals surface area contributed by atoms with E-state index < -0.39 is 0 Å². The van der Waals surface area contributed by atoms with Crippen molar-refractivity contribution in [2.24, 2.45) is 4.99 Å². The second-order valence-electron chi connectivity index (χ2n) is 23.9. The van der Waals surface area contributed by atoms with E-state index in [9.17, 15) is 0 Å². The minimum Gasteiger partial charge on any atom is -0.493 e. The van der Waals surface area contributed by atoms with Crippen LogP contribution < -0.4 is 4.74 Å². The Hall–Kier alpha value is -11.4. The van der Waals surface area contributed by atoms with Gasteiger partial charge in [0.2, 0.25) is 0 Å². The number of imidazole rings is 1. The summed E-state index contributed by atoms with van der Waals surface area (Å²) in [6, 6.07) is 79.6. The zero-order chi connectivity index (χ0) is 113. The number of rotatable bonds is 0. The van der Waals surface area contributed by atoms with Gasteiger partial charge in [-0.3, -0.25) is 24.9 Å². The van der Waals surface area contributed by atoms with Crippen molar-refractivity contribution in [1.82, 2.24) is 49.8 Å². The molecule has 7 aromatic heterocycles. The van der Waals surface area contributed by atoms with Gasteiger partial charge in [-0.05, 0) is 193 Å². The highest BCUT2D eigenvalue weighted by Gasteiger charge is 2.12. The van der Waals surface area contributed by atoms with Gasteiger partial charge in [-0.2, -0.15) is 0 Å². The minimum absolute atomic E-state index is 0.845. The number of benzene rings is 9. The second kappa shape index (κ2) is 129. The molecule has 16 aromatic rings. The first-order valence-electron chi connectivity index (χ1n) is 56.3.